The van der Waals surface area contributed by atoms with Gasteiger partial charge in [0.15, 0.2) is 0 Å². The van der Waals surface area contributed by atoms with Gasteiger partial charge in [0, 0.05) is 12.0 Å². The van der Waals surface area contributed by atoms with Crippen molar-refractivity contribution in [2.75, 3.05) is 13.2 Å². The Bertz CT molecular complexity index is 881. The molecule has 5 aliphatic rings. The number of hydrogen-bond acceptors (Lipinski definition) is 4. The van der Waals surface area contributed by atoms with E-state index in [0.29, 0.717) is 12.3 Å². The molecular formula is C29H46O4. The van der Waals surface area contributed by atoms with E-state index in [0.717, 1.165) is 25.7 Å². The first kappa shape index (κ1) is 24.0. The first-order valence-corrected chi connectivity index (χ1v) is 13.3. The second-order valence-corrected chi connectivity index (χ2v) is 14.2. The highest BCUT2D eigenvalue weighted by molar-refractivity contribution is 5.41. The van der Waals surface area contributed by atoms with Gasteiger partial charge >= 0.3 is 0 Å². The Balaban J connectivity index is 1.56. The zero-order chi connectivity index (χ0) is 24.1. The fourth-order valence-electron chi connectivity index (χ4n) is 9.99. The van der Waals surface area contributed by atoms with E-state index in [-0.39, 0.29) is 46.2 Å². The van der Waals surface area contributed by atoms with Crippen LogP contribution in [0.5, 0.6) is 0 Å². The van der Waals surface area contributed by atoms with Gasteiger partial charge in [-0.3, -0.25) is 0 Å². The second kappa shape index (κ2) is 7.18. The molecule has 0 aromatic carbocycles. The van der Waals surface area contributed by atoms with Gasteiger partial charge in [-0.25, -0.2) is 0 Å². The Morgan fingerprint density at radius 2 is 1.61 bits per heavy atom. The Labute approximate surface area is 200 Å². The maximum Gasteiger partial charge on any atom is 0.0877 e. The fourth-order valence-corrected chi connectivity index (χ4v) is 9.99. The lowest BCUT2D eigenvalue weighted by Crippen LogP contribution is -2.66. The zero-order valence-electron chi connectivity index (χ0n) is 21.4. The van der Waals surface area contributed by atoms with Crippen LogP contribution in [-0.2, 0) is 0 Å². The van der Waals surface area contributed by atoms with Crippen molar-refractivity contribution in [1.29, 1.82) is 0 Å². The minimum absolute atomic E-state index is 0.0506. The lowest BCUT2D eigenvalue weighted by molar-refractivity contribution is -0.230. The van der Waals surface area contributed by atoms with Crippen molar-refractivity contribution in [3.05, 3.63) is 23.8 Å². The van der Waals surface area contributed by atoms with Crippen LogP contribution in [0.4, 0.5) is 0 Å². The maximum atomic E-state index is 10.9. The first-order valence-electron chi connectivity index (χ1n) is 13.3. The smallest absolute Gasteiger partial charge is 0.0877 e. The fraction of sp³-hybridized carbons (Fsp3) is 0.862. The summed E-state index contributed by atoms with van der Waals surface area (Å²) in [5, 5.41) is 42.1. The number of hydrogen-bond donors (Lipinski definition) is 4. The average Bonchev–Trinajstić information content (AvgIpc) is 3.10. The molecule has 3 fully saturated rings. The van der Waals surface area contributed by atoms with Crippen molar-refractivity contribution >= 4 is 0 Å². The topological polar surface area (TPSA) is 80.9 Å². The summed E-state index contributed by atoms with van der Waals surface area (Å²) in [4.78, 5) is 0. The Hall–Kier alpha value is -0.680. The SMILES string of the molecule is C[C@]1(CO)CC[C@]2(C=C3C=C[C@@H]4[C@@]5(C)C[C@@H](O)[C@@H](O)[C@@](C)(CO)[C@@H]5CC[C@@]4(C)[C@]3(C)CC2)C1. The van der Waals surface area contributed by atoms with Gasteiger partial charge in [-0.05, 0) is 95.9 Å². The van der Waals surface area contributed by atoms with Crippen LogP contribution in [0.15, 0.2) is 23.8 Å². The summed E-state index contributed by atoms with van der Waals surface area (Å²) in [6.45, 7) is 11.7. The third-order valence-corrected chi connectivity index (χ3v) is 12.3. The Kier molecular flexibility index (Phi) is 5.23. The summed E-state index contributed by atoms with van der Waals surface area (Å²) < 4.78 is 0. The van der Waals surface area contributed by atoms with Crippen LogP contribution in [0.25, 0.3) is 0 Å². The van der Waals surface area contributed by atoms with Gasteiger partial charge in [0.25, 0.3) is 0 Å². The predicted molar refractivity (Wildman–Crippen MR) is 130 cm³/mol. The number of aliphatic hydroxyl groups excluding tert-OH is 4. The van der Waals surface area contributed by atoms with Gasteiger partial charge in [-0.15, -0.1) is 0 Å². The summed E-state index contributed by atoms with van der Waals surface area (Å²) in [6, 6.07) is 0. The van der Waals surface area contributed by atoms with E-state index in [4.69, 9.17) is 0 Å². The first-order chi connectivity index (χ1) is 15.3. The van der Waals surface area contributed by atoms with E-state index < -0.39 is 17.6 Å². The van der Waals surface area contributed by atoms with Crippen molar-refractivity contribution in [2.24, 2.45) is 44.3 Å². The molecule has 0 bridgehead atoms. The maximum absolute atomic E-state index is 10.9. The highest BCUT2D eigenvalue weighted by Gasteiger charge is 2.68. The highest BCUT2D eigenvalue weighted by Crippen LogP contribution is 2.73. The highest BCUT2D eigenvalue weighted by atomic mass is 16.3. The molecule has 0 aliphatic heterocycles. The van der Waals surface area contributed by atoms with Crippen molar-refractivity contribution in [3.63, 3.8) is 0 Å². The second-order valence-electron chi connectivity index (χ2n) is 14.2. The molecule has 5 rings (SSSR count). The Morgan fingerprint density at radius 3 is 2.24 bits per heavy atom. The molecule has 4 heteroatoms. The molecule has 0 aromatic heterocycles. The minimum Gasteiger partial charge on any atom is -0.396 e. The van der Waals surface area contributed by atoms with Gasteiger partial charge in [-0.2, -0.15) is 0 Å². The van der Waals surface area contributed by atoms with Crippen LogP contribution in [0, 0.1) is 44.3 Å². The van der Waals surface area contributed by atoms with Gasteiger partial charge in [0.2, 0.25) is 0 Å². The molecule has 186 valence electrons. The average molecular weight is 459 g/mol. The van der Waals surface area contributed by atoms with Crippen LogP contribution >= 0.6 is 0 Å². The monoisotopic (exact) mass is 458 g/mol. The van der Waals surface area contributed by atoms with Gasteiger partial charge in [-0.1, -0.05) is 52.8 Å². The molecule has 4 nitrogen and oxygen atoms in total. The van der Waals surface area contributed by atoms with Crippen LogP contribution in [-0.4, -0.2) is 45.8 Å². The predicted octanol–water partition coefficient (Wildman–Crippen LogP) is 4.61. The normalized spacial score (nSPS) is 57.9. The molecule has 0 radical (unpaired) electrons. The molecular weight excluding hydrogens is 412 g/mol. The molecule has 5 aliphatic carbocycles. The number of rotatable bonds is 2. The van der Waals surface area contributed by atoms with Gasteiger partial charge in [0.05, 0.1) is 18.8 Å². The van der Waals surface area contributed by atoms with E-state index in [1.54, 1.807) is 0 Å². The van der Waals surface area contributed by atoms with Crippen LogP contribution in [0.3, 0.4) is 0 Å². The summed E-state index contributed by atoms with van der Waals surface area (Å²) in [6.07, 6.45) is 14.1. The summed E-state index contributed by atoms with van der Waals surface area (Å²) in [7, 11) is 0. The third kappa shape index (κ3) is 2.96. The van der Waals surface area contributed by atoms with Gasteiger partial charge < -0.3 is 20.4 Å². The molecule has 0 aromatic rings. The third-order valence-electron chi connectivity index (χ3n) is 12.3. The molecule has 0 saturated heterocycles. The lowest BCUT2D eigenvalue weighted by Gasteiger charge is -2.69. The summed E-state index contributed by atoms with van der Waals surface area (Å²) >= 11 is 0. The summed E-state index contributed by atoms with van der Waals surface area (Å²) in [5.41, 5.74) is 1.09. The minimum atomic E-state index is -0.874. The molecule has 3 saturated carbocycles. The molecule has 0 heterocycles. The van der Waals surface area contributed by atoms with E-state index in [9.17, 15) is 20.4 Å². The van der Waals surface area contributed by atoms with Crippen LogP contribution in [0.1, 0.15) is 86.0 Å². The van der Waals surface area contributed by atoms with Crippen LogP contribution < -0.4 is 0 Å². The molecule has 10 atom stereocenters. The van der Waals surface area contributed by atoms with Gasteiger partial charge in [0.1, 0.15) is 0 Å². The number of fused-ring (bicyclic) bond motifs is 5. The Morgan fingerprint density at radius 1 is 0.909 bits per heavy atom. The van der Waals surface area contributed by atoms with Crippen molar-refractivity contribution < 1.29 is 20.4 Å². The van der Waals surface area contributed by atoms with Crippen molar-refractivity contribution in [3.8, 4) is 0 Å². The van der Waals surface area contributed by atoms with E-state index in [1.807, 2.05) is 6.92 Å². The quantitative estimate of drug-likeness (QED) is 0.487. The lowest BCUT2D eigenvalue weighted by atomic mass is 9.36. The molecule has 0 unspecified atom stereocenters. The molecule has 0 amide bonds. The molecule has 1 spiro atoms. The zero-order valence-corrected chi connectivity index (χ0v) is 21.4. The standard InChI is InChI=1S/C29H46O4/c1-24(17-30)10-12-29(16-24)13-11-27(4)19(14-29)6-7-22-25(2)15-20(32)23(33)26(3,18-31)21(25)8-9-28(22,27)5/h6-7,14,20-23,30-33H,8-13,15-18H2,1-5H3/t20-,21-,22-,23-,24+,25+,26+,27-,28-,29+/m1/s1. The van der Waals surface area contributed by atoms with Crippen molar-refractivity contribution in [2.45, 2.75) is 98.2 Å². The van der Waals surface area contributed by atoms with Crippen molar-refractivity contribution in [1.82, 2.24) is 0 Å². The van der Waals surface area contributed by atoms with E-state index >= 15 is 0 Å². The molecule has 4 N–H and O–H groups in total. The van der Waals surface area contributed by atoms with E-state index in [1.165, 1.54) is 24.8 Å². The largest absolute Gasteiger partial charge is 0.396 e. The molecule has 33 heavy (non-hydrogen) atoms. The van der Waals surface area contributed by atoms with E-state index in [2.05, 4.69) is 45.9 Å². The summed E-state index contributed by atoms with van der Waals surface area (Å²) in [5.74, 6) is 0.486. The van der Waals surface area contributed by atoms with Crippen LogP contribution in [0.2, 0.25) is 0 Å². The number of allylic oxidation sites excluding steroid dienone is 4. The number of aliphatic hydroxyl groups is 4.